The van der Waals surface area contributed by atoms with Crippen LogP contribution in [-0.2, 0) is 4.74 Å². The summed E-state index contributed by atoms with van der Waals surface area (Å²) in [5, 5.41) is 0. The Kier molecular flexibility index (Phi) is 6.12. The zero-order valence-corrected chi connectivity index (χ0v) is 12.0. The second-order valence-corrected chi connectivity index (χ2v) is 4.86. The molecule has 5 heteroatoms. The van der Waals surface area contributed by atoms with Crippen LogP contribution in [0.25, 0.3) is 0 Å². The minimum atomic E-state index is -0.0151. The summed E-state index contributed by atoms with van der Waals surface area (Å²) >= 11 is 0. The Balaban J connectivity index is 0.00000180. The van der Waals surface area contributed by atoms with Gasteiger partial charge in [-0.3, -0.25) is 4.79 Å². The van der Waals surface area contributed by atoms with Gasteiger partial charge in [0.1, 0.15) is 0 Å². The number of carbonyl (C=O) groups is 1. The number of amides is 1. The molecule has 2 rings (SSSR count). The third kappa shape index (κ3) is 4.11. The summed E-state index contributed by atoms with van der Waals surface area (Å²) in [6.07, 6.45) is 2.21. The van der Waals surface area contributed by atoms with Gasteiger partial charge < -0.3 is 15.4 Å². The number of halogens is 1. The molecule has 19 heavy (non-hydrogen) atoms. The first-order valence-electron chi connectivity index (χ1n) is 6.36. The van der Waals surface area contributed by atoms with Crippen molar-refractivity contribution in [1.82, 2.24) is 4.90 Å². The van der Waals surface area contributed by atoms with Crippen LogP contribution in [0.15, 0.2) is 24.3 Å². The van der Waals surface area contributed by atoms with Crippen LogP contribution in [-0.4, -0.2) is 37.6 Å². The standard InChI is InChI=1S/C14H20N2O2.ClH/c1-16(9-11-5-4-8-18-10-11)14(17)12-6-2-3-7-13(12)15;/h2-3,6-7,11H,4-5,8-10,15H2,1H3;1H. The van der Waals surface area contributed by atoms with Crippen LogP contribution in [0.2, 0.25) is 0 Å². The molecule has 0 aromatic heterocycles. The summed E-state index contributed by atoms with van der Waals surface area (Å²) in [4.78, 5) is 14.0. The van der Waals surface area contributed by atoms with E-state index in [4.69, 9.17) is 10.5 Å². The molecule has 1 atom stereocenters. The molecule has 1 heterocycles. The molecule has 0 bridgehead atoms. The van der Waals surface area contributed by atoms with Crippen molar-refractivity contribution in [3.63, 3.8) is 0 Å². The van der Waals surface area contributed by atoms with Gasteiger partial charge in [-0.25, -0.2) is 0 Å². The predicted molar refractivity (Wildman–Crippen MR) is 78.6 cm³/mol. The summed E-state index contributed by atoms with van der Waals surface area (Å²) in [5.41, 5.74) is 6.94. The lowest BCUT2D eigenvalue weighted by atomic mass is 10.0. The maximum Gasteiger partial charge on any atom is 0.255 e. The smallest absolute Gasteiger partial charge is 0.255 e. The number of hydrogen-bond acceptors (Lipinski definition) is 3. The van der Waals surface area contributed by atoms with Crippen LogP contribution >= 0.6 is 12.4 Å². The molecule has 0 spiro atoms. The Morgan fingerprint density at radius 2 is 2.21 bits per heavy atom. The second kappa shape index (κ2) is 7.36. The van der Waals surface area contributed by atoms with Crippen molar-refractivity contribution in [2.24, 2.45) is 5.92 Å². The van der Waals surface area contributed by atoms with E-state index in [1.807, 2.05) is 19.2 Å². The quantitative estimate of drug-likeness (QED) is 0.866. The molecule has 2 N–H and O–H groups in total. The molecule has 1 aliphatic heterocycles. The minimum Gasteiger partial charge on any atom is -0.398 e. The van der Waals surface area contributed by atoms with Crippen molar-refractivity contribution in [3.05, 3.63) is 29.8 Å². The van der Waals surface area contributed by atoms with Crippen LogP contribution in [0.5, 0.6) is 0 Å². The molecular formula is C14H21ClN2O2. The summed E-state index contributed by atoms with van der Waals surface area (Å²) in [5.74, 6) is 0.427. The third-order valence-corrected chi connectivity index (χ3v) is 3.32. The number of ether oxygens (including phenoxy) is 1. The van der Waals surface area contributed by atoms with Crippen LogP contribution in [0.1, 0.15) is 23.2 Å². The van der Waals surface area contributed by atoms with E-state index < -0.39 is 0 Å². The van der Waals surface area contributed by atoms with Gasteiger partial charge in [0.05, 0.1) is 12.2 Å². The van der Waals surface area contributed by atoms with Gasteiger partial charge in [-0.1, -0.05) is 12.1 Å². The van der Waals surface area contributed by atoms with E-state index in [0.29, 0.717) is 17.2 Å². The number of benzene rings is 1. The Morgan fingerprint density at radius 3 is 2.84 bits per heavy atom. The Labute approximate surface area is 120 Å². The average molecular weight is 285 g/mol. The number of nitrogens with zero attached hydrogens (tertiary/aromatic N) is 1. The first kappa shape index (κ1) is 15.8. The van der Waals surface area contributed by atoms with Crippen molar-refractivity contribution >= 4 is 24.0 Å². The van der Waals surface area contributed by atoms with E-state index in [-0.39, 0.29) is 18.3 Å². The van der Waals surface area contributed by atoms with Gasteiger partial charge in [0, 0.05) is 25.9 Å². The molecule has 1 unspecified atom stereocenters. The Hall–Kier alpha value is -1.26. The number of nitrogen functional groups attached to an aromatic ring is 1. The van der Waals surface area contributed by atoms with Gasteiger partial charge in [0.15, 0.2) is 0 Å². The van der Waals surface area contributed by atoms with Gasteiger partial charge in [-0.15, -0.1) is 12.4 Å². The fourth-order valence-corrected chi connectivity index (χ4v) is 2.32. The predicted octanol–water partition coefficient (Wildman–Crippen LogP) is 2.19. The Morgan fingerprint density at radius 1 is 1.47 bits per heavy atom. The van der Waals surface area contributed by atoms with E-state index in [9.17, 15) is 4.79 Å². The second-order valence-electron chi connectivity index (χ2n) is 4.86. The molecule has 1 aromatic rings. The number of rotatable bonds is 3. The SMILES string of the molecule is CN(CC1CCCOC1)C(=O)c1ccccc1N.Cl. The van der Waals surface area contributed by atoms with E-state index in [0.717, 1.165) is 32.6 Å². The molecule has 0 aliphatic carbocycles. The largest absolute Gasteiger partial charge is 0.398 e. The van der Waals surface area contributed by atoms with Crippen LogP contribution < -0.4 is 5.73 Å². The molecule has 1 amide bonds. The molecular weight excluding hydrogens is 264 g/mol. The van der Waals surface area contributed by atoms with Gasteiger partial charge in [0.2, 0.25) is 0 Å². The highest BCUT2D eigenvalue weighted by Crippen LogP contribution is 2.17. The van der Waals surface area contributed by atoms with Crippen LogP contribution in [0, 0.1) is 5.92 Å². The molecule has 106 valence electrons. The van der Waals surface area contributed by atoms with Gasteiger partial charge >= 0.3 is 0 Å². The molecule has 1 fully saturated rings. The maximum atomic E-state index is 12.2. The average Bonchev–Trinajstić information content (AvgIpc) is 2.39. The third-order valence-electron chi connectivity index (χ3n) is 3.32. The normalized spacial score (nSPS) is 18.5. The molecule has 1 saturated heterocycles. The van der Waals surface area contributed by atoms with Gasteiger partial charge in [-0.05, 0) is 30.9 Å². The minimum absolute atomic E-state index is 0. The van der Waals surface area contributed by atoms with Crippen molar-refractivity contribution < 1.29 is 9.53 Å². The zero-order valence-electron chi connectivity index (χ0n) is 11.2. The monoisotopic (exact) mass is 284 g/mol. The van der Waals surface area contributed by atoms with E-state index in [1.54, 1.807) is 17.0 Å². The first-order valence-corrected chi connectivity index (χ1v) is 6.36. The highest BCUT2D eigenvalue weighted by atomic mass is 35.5. The first-order chi connectivity index (χ1) is 8.68. The highest BCUT2D eigenvalue weighted by Gasteiger charge is 2.20. The lowest BCUT2D eigenvalue weighted by molar-refractivity contribution is 0.0389. The highest BCUT2D eigenvalue weighted by molar-refractivity contribution is 5.98. The van der Waals surface area contributed by atoms with E-state index >= 15 is 0 Å². The number of anilines is 1. The number of nitrogens with two attached hydrogens (primary N) is 1. The van der Waals surface area contributed by atoms with Gasteiger partial charge in [0.25, 0.3) is 5.91 Å². The molecule has 1 aromatic carbocycles. The number of para-hydroxylation sites is 1. The molecule has 0 radical (unpaired) electrons. The zero-order chi connectivity index (χ0) is 13.0. The van der Waals surface area contributed by atoms with Crippen molar-refractivity contribution in [1.29, 1.82) is 0 Å². The lowest BCUT2D eigenvalue weighted by Gasteiger charge is -2.27. The van der Waals surface area contributed by atoms with Crippen LogP contribution in [0.3, 0.4) is 0 Å². The van der Waals surface area contributed by atoms with Crippen molar-refractivity contribution in [2.75, 3.05) is 32.5 Å². The van der Waals surface area contributed by atoms with E-state index in [2.05, 4.69) is 0 Å². The lowest BCUT2D eigenvalue weighted by Crippen LogP contribution is -2.35. The number of hydrogen-bond donors (Lipinski definition) is 1. The van der Waals surface area contributed by atoms with Crippen molar-refractivity contribution in [2.45, 2.75) is 12.8 Å². The summed E-state index contributed by atoms with van der Waals surface area (Å²) < 4.78 is 5.43. The summed E-state index contributed by atoms with van der Waals surface area (Å²) in [6, 6.07) is 7.19. The fourth-order valence-electron chi connectivity index (χ4n) is 2.32. The van der Waals surface area contributed by atoms with Gasteiger partial charge in [-0.2, -0.15) is 0 Å². The topological polar surface area (TPSA) is 55.6 Å². The molecule has 4 nitrogen and oxygen atoms in total. The van der Waals surface area contributed by atoms with E-state index in [1.165, 1.54) is 0 Å². The van der Waals surface area contributed by atoms with Crippen molar-refractivity contribution in [3.8, 4) is 0 Å². The number of carbonyl (C=O) groups excluding carboxylic acids is 1. The van der Waals surface area contributed by atoms with Crippen LogP contribution in [0.4, 0.5) is 5.69 Å². The Bertz CT molecular complexity index is 420. The summed E-state index contributed by atoms with van der Waals surface area (Å²) in [6.45, 7) is 2.33. The molecule has 1 aliphatic rings. The maximum absolute atomic E-state index is 12.2. The molecule has 0 saturated carbocycles. The fraction of sp³-hybridized carbons (Fsp3) is 0.500. The summed E-state index contributed by atoms with van der Waals surface area (Å²) in [7, 11) is 1.82.